The smallest absolute Gasteiger partial charge is 0.339 e. The lowest BCUT2D eigenvalue weighted by Gasteiger charge is -2.07. The molecule has 0 bridgehead atoms. The Bertz CT molecular complexity index is 729. The molecule has 0 aliphatic rings. The molecule has 0 spiro atoms. The van der Waals surface area contributed by atoms with E-state index in [1.165, 1.54) is 36.4 Å². The highest BCUT2D eigenvalue weighted by molar-refractivity contribution is 6.30. The molecule has 0 aliphatic carbocycles. The van der Waals surface area contributed by atoms with E-state index in [0.29, 0.717) is 10.6 Å². The minimum Gasteiger partial charge on any atom is -0.441 e. The fraction of sp³-hybridized carbons (Fsp3) is 0.0667. The molecule has 118 valence electrons. The van der Waals surface area contributed by atoms with E-state index in [2.05, 4.69) is 5.32 Å². The fourth-order valence-corrected chi connectivity index (χ4v) is 1.80. The number of nitrogens with zero attached hydrogens (tertiary/aromatic N) is 1. The molecule has 0 aliphatic heterocycles. The van der Waals surface area contributed by atoms with E-state index in [4.69, 9.17) is 16.3 Å². The summed E-state index contributed by atoms with van der Waals surface area (Å²) in [6.07, 6.45) is 0. The number of amides is 1. The predicted octanol–water partition coefficient (Wildman–Crippen LogP) is 2.79. The Morgan fingerprint density at radius 1 is 1.04 bits per heavy atom. The Labute approximate surface area is 136 Å². The molecule has 0 heterocycles. The average Bonchev–Trinajstić information content (AvgIpc) is 2.55. The van der Waals surface area contributed by atoms with Crippen LogP contribution in [0.1, 0.15) is 20.7 Å². The van der Waals surface area contributed by atoms with Crippen LogP contribution in [-0.2, 0) is 4.74 Å². The van der Waals surface area contributed by atoms with E-state index < -0.39 is 16.8 Å². The molecule has 0 aromatic heterocycles. The van der Waals surface area contributed by atoms with Crippen molar-refractivity contribution < 1.29 is 19.2 Å². The van der Waals surface area contributed by atoms with Gasteiger partial charge in [-0.2, -0.15) is 0 Å². The third-order valence-electron chi connectivity index (χ3n) is 2.86. The van der Waals surface area contributed by atoms with Crippen molar-refractivity contribution in [1.29, 1.82) is 0 Å². The summed E-state index contributed by atoms with van der Waals surface area (Å²) in [6, 6.07) is 11.2. The lowest BCUT2D eigenvalue weighted by atomic mass is 10.2. The Morgan fingerprint density at radius 2 is 1.61 bits per heavy atom. The second-order valence-corrected chi connectivity index (χ2v) is 4.83. The van der Waals surface area contributed by atoms with Crippen molar-refractivity contribution in [2.45, 2.75) is 0 Å². The van der Waals surface area contributed by atoms with Crippen LogP contribution in [-0.4, -0.2) is 23.5 Å². The van der Waals surface area contributed by atoms with Crippen LogP contribution in [0.2, 0.25) is 5.02 Å². The number of hydrogen-bond acceptors (Lipinski definition) is 5. The van der Waals surface area contributed by atoms with Crippen molar-refractivity contribution in [3.8, 4) is 0 Å². The highest BCUT2D eigenvalue weighted by Gasteiger charge is 2.11. The maximum Gasteiger partial charge on any atom is 0.339 e. The lowest BCUT2D eigenvalue weighted by Crippen LogP contribution is -2.27. The van der Waals surface area contributed by atoms with Crippen molar-refractivity contribution in [3.05, 3.63) is 74.8 Å². The summed E-state index contributed by atoms with van der Waals surface area (Å²) in [6.45, 7) is -0.322. The van der Waals surface area contributed by atoms with Gasteiger partial charge in [-0.25, -0.2) is 4.79 Å². The Balaban J connectivity index is 1.85. The number of carbonyl (C=O) groups is 2. The number of rotatable bonds is 5. The normalized spacial score (nSPS) is 9.96. The summed E-state index contributed by atoms with van der Waals surface area (Å²) >= 11 is 5.72. The van der Waals surface area contributed by atoms with Crippen molar-refractivity contribution in [2.24, 2.45) is 0 Å². The summed E-state index contributed by atoms with van der Waals surface area (Å²) in [5.74, 6) is -1.12. The number of hydrogen-bond donors (Lipinski definition) is 1. The molecular formula is C15H11ClN2O5. The largest absolute Gasteiger partial charge is 0.441 e. The first-order valence-electron chi connectivity index (χ1n) is 6.43. The third kappa shape index (κ3) is 4.52. The summed E-state index contributed by atoms with van der Waals surface area (Å²) in [5, 5.41) is 13.4. The van der Waals surface area contributed by atoms with Crippen LogP contribution in [0.3, 0.4) is 0 Å². The molecule has 1 amide bonds. The van der Waals surface area contributed by atoms with Crippen molar-refractivity contribution in [3.63, 3.8) is 0 Å². The molecule has 8 heteroatoms. The van der Waals surface area contributed by atoms with Crippen molar-refractivity contribution in [1.82, 2.24) is 5.32 Å². The van der Waals surface area contributed by atoms with Crippen LogP contribution in [0.4, 0.5) is 5.69 Å². The lowest BCUT2D eigenvalue weighted by molar-refractivity contribution is -0.384. The molecular weight excluding hydrogens is 324 g/mol. The molecule has 1 N–H and O–H groups in total. The van der Waals surface area contributed by atoms with Gasteiger partial charge in [-0.05, 0) is 36.4 Å². The van der Waals surface area contributed by atoms with Gasteiger partial charge in [0.2, 0.25) is 0 Å². The quantitative estimate of drug-likeness (QED) is 0.392. The second-order valence-electron chi connectivity index (χ2n) is 4.39. The number of esters is 1. The van der Waals surface area contributed by atoms with Gasteiger partial charge in [0.1, 0.15) is 0 Å². The van der Waals surface area contributed by atoms with Gasteiger partial charge in [-0.1, -0.05) is 11.6 Å². The summed E-state index contributed by atoms with van der Waals surface area (Å²) in [5.41, 5.74) is 0.398. The Morgan fingerprint density at radius 3 is 2.17 bits per heavy atom. The standard InChI is InChI=1S/C15H11ClN2O5/c16-12-5-1-10(2-6-12)14(19)17-9-23-15(20)11-3-7-13(8-4-11)18(21)22/h1-8H,9H2,(H,17,19). The number of halogens is 1. The van der Waals surface area contributed by atoms with Gasteiger partial charge in [0.05, 0.1) is 10.5 Å². The molecule has 2 rings (SSSR count). The number of nitro groups is 1. The average molecular weight is 335 g/mol. The van der Waals surface area contributed by atoms with Crippen LogP contribution < -0.4 is 5.32 Å². The number of carbonyl (C=O) groups excluding carboxylic acids is 2. The zero-order chi connectivity index (χ0) is 16.8. The monoisotopic (exact) mass is 334 g/mol. The minimum absolute atomic E-state index is 0.127. The number of nitro benzene ring substituents is 1. The fourth-order valence-electron chi connectivity index (χ4n) is 1.67. The van der Waals surface area contributed by atoms with Crippen LogP contribution in [0.5, 0.6) is 0 Å². The van der Waals surface area contributed by atoms with Gasteiger partial charge in [-0.3, -0.25) is 14.9 Å². The molecule has 0 radical (unpaired) electrons. The molecule has 0 saturated carbocycles. The first-order valence-corrected chi connectivity index (χ1v) is 6.80. The van der Waals surface area contributed by atoms with E-state index in [1.54, 1.807) is 12.1 Å². The van der Waals surface area contributed by atoms with E-state index in [0.717, 1.165) is 0 Å². The van der Waals surface area contributed by atoms with Crippen LogP contribution in [0, 0.1) is 10.1 Å². The van der Waals surface area contributed by atoms with Crippen molar-refractivity contribution in [2.75, 3.05) is 6.73 Å². The number of non-ortho nitro benzene ring substituents is 1. The van der Waals surface area contributed by atoms with Crippen LogP contribution in [0.25, 0.3) is 0 Å². The predicted molar refractivity (Wildman–Crippen MR) is 82.3 cm³/mol. The second kappa shape index (κ2) is 7.37. The van der Waals surface area contributed by atoms with E-state index in [-0.39, 0.29) is 18.0 Å². The molecule has 2 aromatic carbocycles. The molecule has 7 nitrogen and oxygen atoms in total. The van der Waals surface area contributed by atoms with Gasteiger partial charge in [0.25, 0.3) is 11.6 Å². The van der Waals surface area contributed by atoms with Gasteiger partial charge in [0.15, 0.2) is 6.73 Å². The maximum absolute atomic E-state index is 11.8. The SMILES string of the molecule is O=C(NCOC(=O)c1ccc([N+](=O)[O-])cc1)c1ccc(Cl)cc1. The van der Waals surface area contributed by atoms with Gasteiger partial charge >= 0.3 is 5.97 Å². The maximum atomic E-state index is 11.8. The highest BCUT2D eigenvalue weighted by atomic mass is 35.5. The first kappa shape index (κ1) is 16.4. The van der Waals surface area contributed by atoms with Crippen LogP contribution in [0.15, 0.2) is 48.5 Å². The summed E-state index contributed by atoms with van der Waals surface area (Å²) < 4.78 is 4.88. The highest BCUT2D eigenvalue weighted by Crippen LogP contribution is 2.12. The number of benzene rings is 2. The van der Waals surface area contributed by atoms with Crippen LogP contribution >= 0.6 is 11.6 Å². The summed E-state index contributed by atoms with van der Waals surface area (Å²) in [7, 11) is 0. The minimum atomic E-state index is -0.698. The zero-order valence-electron chi connectivity index (χ0n) is 11.7. The van der Waals surface area contributed by atoms with Gasteiger partial charge in [0, 0.05) is 22.7 Å². The topological polar surface area (TPSA) is 98.5 Å². The van der Waals surface area contributed by atoms with E-state index >= 15 is 0 Å². The Hall–Kier alpha value is -2.93. The molecule has 0 unspecified atom stereocenters. The number of nitrogens with one attached hydrogen (secondary N) is 1. The van der Waals surface area contributed by atoms with Gasteiger partial charge in [-0.15, -0.1) is 0 Å². The van der Waals surface area contributed by atoms with E-state index in [9.17, 15) is 19.7 Å². The van der Waals surface area contributed by atoms with E-state index in [1.807, 2.05) is 0 Å². The molecule has 2 aromatic rings. The van der Waals surface area contributed by atoms with Gasteiger partial charge < -0.3 is 10.1 Å². The zero-order valence-corrected chi connectivity index (χ0v) is 12.4. The molecule has 23 heavy (non-hydrogen) atoms. The molecule has 0 atom stereocenters. The number of ether oxygens (including phenoxy) is 1. The first-order chi connectivity index (χ1) is 11.0. The molecule has 0 saturated heterocycles. The van der Waals surface area contributed by atoms with Crippen molar-refractivity contribution >= 4 is 29.2 Å². The third-order valence-corrected chi connectivity index (χ3v) is 3.11. The summed E-state index contributed by atoms with van der Waals surface area (Å²) in [4.78, 5) is 33.5. The molecule has 0 fully saturated rings. The Kier molecular flexibility index (Phi) is 5.27.